The van der Waals surface area contributed by atoms with Crippen LogP contribution in [0.5, 0.6) is 5.75 Å². The minimum atomic E-state index is -0.560. The lowest BCUT2D eigenvalue weighted by Crippen LogP contribution is -2.35. The fourth-order valence-electron chi connectivity index (χ4n) is 3.69. The second kappa shape index (κ2) is 8.41. The molecular formula is C23H23N3O4. The summed E-state index contributed by atoms with van der Waals surface area (Å²) in [5.41, 5.74) is 3.39. The first kappa shape index (κ1) is 19.7. The number of carbonyl (C=O) groups is 2. The molecule has 154 valence electrons. The standard InChI is InChI=1S/C23H23N3O4/c1-15-22(16(2)26(25-15)17-8-4-3-5-9-17)23(28)30-14-21(27)24-19-12-13-29-20-11-7-6-10-18(19)20/h3-11,19H,12-14H2,1-2H3,(H,24,27). The maximum atomic E-state index is 12.7. The average Bonchev–Trinajstić information content (AvgIpc) is 3.07. The molecule has 7 heteroatoms. The SMILES string of the molecule is Cc1nn(-c2ccccc2)c(C)c1C(=O)OCC(=O)NC1CCOc2ccccc21. The van der Waals surface area contributed by atoms with E-state index in [4.69, 9.17) is 9.47 Å². The third-order valence-corrected chi connectivity index (χ3v) is 5.12. The Bertz CT molecular complexity index is 1080. The van der Waals surface area contributed by atoms with Crippen LogP contribution in [0.3, 0.4) is 0 Å². The van der Waals surface area contributed by atoms with Crippen LogP contribution in [0.25, 0.3) is 5.69 Å². The molecule has 30 heavy (non-hydrogen) atoms. The van der Waals surface area contributed by atoms with Crippen LogP contribution in [0.4, 0.5) is 0 Å². The van der Waals surface area contributed by atoms with Gasteiger partial charge in [-0.15, -0.1) is 0 Å². The van der Waals surface area contributed by atoms with Crippen molar-refractivity contribution in [2.75, 3.05) is 13.2 Å². The average molecular weight is 405 g/mol. The zero-order valence-electron chi connectivity index (χ0n) is 16.9. The van der Waals surface area contributed by atoms with E-state index in [1.807, 2.05) is 61.5 Å². The molecule has 1 aliphatic heterocycles. The fraction of sp³-hybridized carbons (Fsp3) is 0.261. The molecule has 0 fully saturated rings. The van der Waals surface area contributed by atoms with Crippen molar-refractivity contribution in [1.82, 2.24) is 15.1 Å². The predicted molar refractivity (Wildman–Crippen MR) is 111 cm³/mol. The summed E-state index contributed by atoms with van der Waals surface area (Å²) in [7, 11) is 0. The summed E-state index contributed by atoms with van der Waals surface area (Å²) < 4.78 is 12.6. The number of carbonyl (C=O) groups excluding carboxylic acids is 2. The summed E-state index contributed by atoms with van der Waals surface area (Å²) in [6.07, 6.45) is 0.665. The highest BCUT2D eigenvalue weighted by Crippen LogP contribution is 2.31. The number of fused-ring (bicyclic) bond motifs is 1. The van der Waals surface area contributed by atoms with Crippen molar-refractivity contribution in [3.8, 4) is 11.4 Å². The summed E-state index contributed by atoms with van der Waals surface area (Å²) in [4.78, 5) is 25.1. The van der Waals surface area contributed by atoms with Crippen molar-refractivity contribution in [2.45, 2.75) is 26.3 Å². The zero-order valence-corrected chi connectivity index (χ0v) is 16.9. The Hall–Kier alpha value is -3.61. The van der Waals surface area contributed by atoms with Gasteiger partial charge in [-0.05, 0) is 32.0 Å². The van der Waals surface area contributed by atoms with E-state index in [9.17, 15) is 9.59 Å². The molecule has 7 nitrogen and oxygen atoms in total. The fourth-order valence-corrected chi connectivity index (χ4v) is 3.69. The molecule has 0 aliphatic carbocycles. The Kier molecular flexibility index (Phi) is 5.52. The maximum absolute atomic E-state index is 12.7. The number of para-hydroxylation sites is 2. The quantitative estimate of drug-likeness (QED) is 0.659. The normalized spacial score (nSPS) is 15.1. The van der Waals surface area contributed by atoms with E-state index in [-0.39, 0.29) is 18.6 Å². The smallest absolute Gasteiger partial charge is 0.342 e. The van der Waals surface area contributed by atoms with Crippen LogP contribution < -0.4 is 10.1 Å². The van der Waals surface area contributed by atoms with Gasteiger partial charge >= 0.3 is 5.97 Å². The molecule has 0 radical (unpaired) electrons. The molecular weight excluding hydrogens is 382 g/mol. The van der Waals surface area contributed by atoms with Crippen molar-refractivity contribution in [3.05, 3.63) is 77.1 Å². The van der Waals surface area contributed by atoms with Crippen LogP contribution >= 0.6 is 0 Å². The van der Waals surface area contributed by atoms with E-state index < -0.39 is 5.97 Å². The number of amides is 1. The van der Waals surface area contributed by atoms with Crippen molar-refractivity contribution in [3.63, 3.8) is 0 Å². The topological polar surface area (TPSA) is 82.5 Å². The van der Waals surface area contributed by atoms with Gasteiger partial charge in [0.05, 0.1) is 29.7 Å². The van der Waals surface area contributed by atoms with Crippen LogP contribution in [0, 0.1) is 13.8 Å². The van der Waals surface area contributed by atoms with Gasteiger partial charge in [0.1, 0.15) is 11.3 Å². The monoisotopic (exact) mass is 405 g/mol. The van der Waals surface area contributed by atoms with Crippen molar-refractivity contribution in [2.24, 2.45) is 0 Å². The van der Waals surface area contributed by atoms with Gasteiger partial charge in [0.15, 0.2) is 6.61 Å². The van der Waals surface area contributed by atoms with Crippen molar-refractivity contribution >= 4 is 11.9 Å². The first-order chi connectivity index (χ1) is 14.5. The summed E-state index contributed by atoms with van der Waals surface area (Å²) in [5.74, 6) is -0.142. The molecule has 1 aliphatic rings. The second-order valence-electron chi connectivity index (χ2n) is 7.16. The molecule has 0 bridgehead atoms. The third kappa shape index (κ3) is 3.91. The number of benzene rings is 2. The number of aryl methyl sites for hydroxylation is 1. The summed E-state index contributed by atoms with van der Waals surface area (Å²) in [6, 6.07) is 17.0. The van der Waals surface area contributed by atoms with Crippen LogP contribution in [-0.2, 0) is 9.53 Å². The molecule has 0 saturated heterocycles. The Morgan fingerprint density at radius 2 is 1.87 bits per heavy atom. The second-order valence-corrected chi connectivity index (χ2v) is 7.16. The lowest BCUT2D eigenvalue weighted by atomic mass is 10.0. The van der Waals surface area contributed by atoms with Crippen LogP contribution in [-0.4, -0.2) is 34.9 Å². The van der Waals surface area contributed by atoms with E-state index in [2.05, 4.69) is 10.4 Å². The van der Waals surface area contributed by atoms with Crippen LogP contribution in [0.15, 0.2) is 54.6 Å². The molecule has 1 atom stereocenters. The molecule has 3 aromatic rings. The van der Waals surface area contributed by atoms with E-state index in [1.54, 1.807) is 11.6 Å². The minimum absolute atomic E-state index is 0.162. The first-order valence-corrected chi connectivity index (χ1v) is 9.84. The summed E-state index contributed by atoms with van der Waals surface area (Å²) in [5, 5.41) is 7.37. The predicted octanol–water partition coefficient (Wildman–Crippen LogP) is 3.29. The molecule has 1 N–H and O–H groups in total. The number of nitrogens with one attached hydrogen (secondary N) is 1. The molecule has 1 unspecified atom stereocenters. The third-order valence-electron chi connectivity index (χ3n) is 5.12. The molecule has 2 heterocycles. The van der Waals surface area contributed by atoms with E-state index in [0.29, 0.717) is 30.0 Å². The lowest BCUT2D eigenvalue weighted by Gasteiger charge is -2.26. The van der Waals surface area contributed by atoms with Crippen LogP contribution in [0.2, 0.25) is 0 Å². The number of hydrogen-bond donors (Lipinski definition) is 1. The number of hydrogen-bond acceptors (Lipinski definition) is 5. The van der Waals surface area contributed by atoms with Gasteiger partial charge in [0, 0.05) is 12.0 Å². The minimum Gasteiger partial charge on any atom is -0.493 e. The van der Waals surface area contributed by atoms with Crippen LogP contribution in [0.1, 0.15) is 39.8 Å². The zero-order chi connectivity index (χ0) is 21.1. The highest BCUT2D eigenvalue weighted by atomic mass is 16.5. The van der Waals surface area contributed by atoms with Gasteiger partial charge in [0.25, 0.3) is 5.91 Å². The Morgan fingerprint density at radius 1 is 1.13 bits per heavy atom. The molecule has 2 aromatic carbocycles. The maximum Gasteiger partial charge on any atom is 0.342 e. The number of aromatic nitrogens is 2. The van der Waals surface area contributed by atoms with Crippen molar-refractivity contribution < 1.29 is 19.1 Å². The van der Waals surface area contributed by atoms with Gasteiger partial charge < -0.3 is 14.8 Å². The Balaban J connectivity index is 1.41. The molecule has 1 amide bonds. The number of ether oxygens (including phenoxy) is 2. The highest BCUT2D eigenvalue weighted by molar-refractivity contribution is 5.93. The van der Waals surface area contributed by atoms with E-state index in [0.717, 1.165) is 17.0 Å². The van der Waals surface area contributed by atoms with Gasteiger partial charge in [-0.3, -0.25) is 4.79 Å². The summed E-state index contributed by atoms with van der Waals surface area (Å²) >= 11 is 0. The molecule has 0 spiro atoms. The van der Waals surface area contributed by atoms with Crippen molar-refractivity contribution in [1.29, 1.82) is 0 Å². The molecule has 4 rings (SSSR count). The summed E-state index contributed by atoms with van der Waals surface area (Å²) in [6.45, 7) is 3.73. The largest absolute Gasteiger partial charge is 0.493 e. The molecule has 0 saturated carbocycles. The van der Waals surface area contributed by atoms with Gasteiger partial charge in [-0.25, -0.2) is 9.48 Å². The molecule has 1 aromatic heterocycles. The van der Waals surface area contributed by atoms with Gasteiger partial charge in [0.2, 0.25) is 0 Å². The number of rotatable bonds is 5. The van der Waals surface area contributed by atoms with E-state index >= 15 is 0 Å². The lowest BCUT2D eigenvalue weighted by molar-refractivity contribution is -0.125. The van der Waals surface area contributed by atoms with Gasteiger partial charge in [-0.1, -0.05) is 36.4 Å². The van der Waals surface area contributed by atoms with E-state index in [1.165, 1.54) is 0 Å². The highest BCUT2D eigenvalue weighted by Gasteiger charge is 2.25. The Labute approximate surface area is 174 Å². The Morgan fingerprint density at radius 3 is 2.67 bits per heavy atom. The van der Waals surface area contributed by atoms with Gasteiger partial charge in [-0.2, -0.15) is 5.10 Å². The number of esters is 1. The number of nitrogens with zero attached hydrogens (tertiary/aromatic N) is 2. The first-order valence-electron chi connectivity index (χ1n) is 9.84.